The number of carbonyl (C=O) groups is 1. The summed E-state index contributed by atoms with van der Waals surface area (Å²) in [6, 6.07) is 9.97. The van der Waals surface area contributed by atoms with E-state index < -0.39 is 28.9 Å². The van der Waals surface area contributed by atoms with Crippen molar-refractivity contribution >= 4 is 17.4 Å². The normalized spacial score (nSPS) is 10.2. The van der Waals surface area contributed by atoms with E-state index in [1.54, 1.807) is 18.2 Å². The van der Waals surface area contributed by atoms with E-state index in [0.29, 0.717) is 5.56 Å². The van der Waals surface area contributed by atoms with Crippen molar-refractivity contribution in [3.8, 4) is 0 Å². The van der Waals surface area contributed by atoms with E-state index in [4.69, 9.17) is 0 Å². The van der Waals surface area contributed by atoms with Gasteiger partial charge in [0.25, 0.3) is 5.91 Å². The first-order valence-electron chi connectivity index (χ1n) is 5.70. The quantitative estimate of drug-likeness (QED) is 0.896. The molecule has 1 N–H and O–H groups in total. The van der Waals surface area contributed by atoms with Gasteiger partial charge in [0.15, 0.2) is 5.82 Å². The minimum absolute atomic E-state index is 0.303. The Balaban J connectivity index is 2.33. The molecule has 0 aliphatic carbocycles. The van der Waals surface area contributed by atoms with Crippen LogP contribution in [0.4, 0.5) is 18.9 Å². The molecule has 0 unspecified atom stereocenters. The second kappa shape index (κ2) is 5.61. The Kier molecular flexibility index (Phi) is 3.89. The SMILES string of the molecule is C=C(F)c1c(F)ccc(NC(=O)c2ccccc2)c1F. The summed E-state index contributed by atoms with van der Waals surface area (Å²) in [7, 11) is 0. The highest BCUT2D eigenvalue weighted by atomic mass is 19.1. The van der Waals surface area contributed by atoms with Crippen molar-refractivity contribution in [3.63, 3.8) is 0 Å². The topological polar surface area (TPSA) is 29.1 Å². The fourth-order valence-electron chi connectivity index (χ4n) is 1.68. The zero-order valence-corrected chi connectivity index (χ0v) is 10.3. The van der Waals surface area contributed by atoms with Crippen molar-refractivity contribution < 1.29 is 18.0 Å². The second-order valence-corrected chi connectivity index (χ2v) is 4.01. The number of hydrogen-bond donors (Lipinski definition) is 1. The van der Waals surface area contributed by atoms with Gasteiger partial charge in [0.05, 0.1) is 11.3 Å². The Morgan fingerprint density at radius 1 is 1.05 bits per heavy atom. The summed E-state index contributed by atoms with van der Waals surface area (Å²) >= 11 is 0. The Hall–Kier alpha value is -2.56. The molecule has 0 bridgehead atoms. The second-order valence-electron chi connectivity index (χ2n) is 4.01. The summed E-state index contributed by atoms with van der Waals surface area (Å²) in [5.41, 5.74) is -0.887. The smallest absolute Gasteiger partial charge is 0.255 e. The summed E-state index contributed by atoms with van der Waals surface area (Å²) in [4.78, 5) is 11.8. The summed E-state index contributed by atoms with van der Waals surface area (Å²) in [5.74, 6) is -4.09. The molecule has 2 aromatic rings. The molecule has 0 saturated heterocycles. The first kappa shape index (κ1) is 13.9. The maximum Gasteiger partial charge on any atom is 0.255 e. The minimum Gasteiger partial charge on any atom is -0.319 e. The third-order valence-corrected chi connectivity index (χ3v) is 2.65. The lowest BCUT2D eigenvalue weighted by molar-refractivity contribution is 0.102. The van der Waals surface area contributed by atoms with Crippen LogP contribution < -0.4 is 5.32 Å². The van der Waals surface area contributed by atoms with Gasteiger partial charge in [0, 0.05) is 5.56 Å². The largest absolute Gasteiger partial charge is 0.319 e. The highest BCUT2D eigenvalue weighted by molar-refractivity contribution is 6.04. The van der Waals surface area contributed by atoms with Crippen LogP contribution in [0, 0.1) is 11.6 Å². The number of nitrogens with one attached hydrogen (secondary N) is 1. The highest BCUT2D eigenvalue weighted by Crippen LogP contribution is 2.27. The van der Waals surface area contributed by atoms with Gasteiger partial charge < -0.3 is 5.32 Å². The molecule has 5 heteroatoms. The van der Waals surface area contributed by atoms with Crippen molar-refractivity contribution in [2.45, 2.75) is 0 Å². The summed E-state index contributed by atoms with van der Waals surface area (Å²) in [5, 5.41) is 2.26. The summed E-state index contributed by atoms with van der Waals surface area (Å²) in [6.07, 6.45) is 0. The lowest BCUT2D eigenvalue weighted by Gasteiger charge is -2.09. The number of halogens is 3. The van der Waals surface area contributed by atoms with Gasteiger partial charge in [-0.25, -0.2) is 13.2 Å². The first-order valence-corrected chi connectivity index (χ1v) is 5.70. The van der Waals surface area contributed by atoms with E-state index in [1.807, 2.05) is 0 Å². The van der Waals surface area contributed by atoms with Crippen molar-refractivity contribution in [1.82, 2.24) is 0 Å². The fourth-order valence-corrected chi connectivity index (χ4v) is 1.68. The predicted octanol–water partition coefficient (Wildman–Crippen LogP) is 4.16. The molecule has 1 amide bonds. The van der Waals surface area contributed by atoms with Crippen LogP contribution in [0.2, 0.25) is 0 Å². The first-order chi connectivity index (χ1) is 9.50. The fraction of sp³-hybridized carbons (Fsp3) is 0. The molecule has 0 heterocycles. The molecular formula is C15H10F3NO. The molecule has 0 saturated carbocycles. The zero-order valence-electron chi connectivity index (χ0n) is 10.3. The van der Waals surface area contributed by atoms with Crippen molar-refractivity contribution in [3.05, 3.63) is 71.8 Å². The average molecular weight is 277 g/mol. The molecule has 0 radical (unpaired) electrons. The van der Waals surface area contributed by atoms with Crippen LogP contribution in [-0.2, 0) is 0 Å². The van der Waals surface area contributed by atoms with Crippen molar-refractivity contribution in [2.75, 3.05) is 5.32 Å². The Labute approximate surface area is 113 Å². The molecule has 0 atom stereocenters. The van der Waals surface area contributed by atoms with Crippen LogP contribution in [0.1, 0.15) is 15.9 Å². The standard InChI is InChI=1S/C15H10F3NO/c1-9(16)13-11(17)7-8-12(14(13)18)19-15(20)10-5-3-2-4-6-10/h2-8H,1H2,(H,19,20). The van der Waals surface area contributed by atoms with Gasteiger partial charge in [0.2, 0.25) is 0 Å². The van der Waals surface area contributed by atoms with Crippen LogP contribution in [-0.4, -0.2) is 5.91 Å². The van der Waals surface area contributed by atoms with E-state index in [2.05, 4.69) is 11.9 Å². The molecule has 20 heavy (non-hydrogen) atoms. The van der Waals surface area contributed by atoms with Crippen LogP contribution in [0.25, 0.3) is 5.83 Å². The number of benzene rings is 2. The Morgan fingerprint density at radius 2 is 1.70 bits per heavy atom. The van der Waals surface area contributed by atoms with Crippen LogP contribution in [0.3, 0.4) is 0 Å². The summed E-state index contributed by atoms with van der Waals surface area (Å²) in [6.45, 7) is 2.87. The van der Waals surface area contributed by atoms with E-state index in [0.717, 1.165) is 12.1 Å². The monoisotopic (exact) mass is 277 g/mol. The molecule has 0 aromatic heterocycles. The van der Waals surface area contributed by atoms with Gasteiger partial charge in [0.1, 0.15) is 11.6 Å². The molecule has 0 aliphatic heterocycles. The van der Waals surface area contributed by atoms with E-state index in [9.17, 15) is 18.0 Å². The maximum absolute atomic E-state index is 13.9. The van der Waals surface area contributed by atoms with Crippen LogP contribution in [0.15, 0.2) is 49.0 Å². The van der Waals surface area contributed by atoms with Gasteiger partial charge >= 0.3 is 0 Å². The third-order valence-electron chi connectivity index (χ3n) is 2.65. The number of hydrogen-bond acceptors (Lipinski definition) is 1. The van der Waals surface area contributed by atoms with Gasteiger partial charge in [-0.15, -0.1) is 0 Å². The minimum atomic E-state index is -1.24. The number of rotatable bonds is 3. The van der Waals surface area contributed by atoms with Gasteiger partial charge in [-0.05, 0) is 24.3 Å². The highest BCUT2D eigenvalue weighted by Gasteiger charge is 2.18. The number of amides is 1. The van der Waals surface area contributed by atoms with Gasteiger partial charge in [-0.3, -0.25) is 4.79 Å². The predicted molar refractivity (Wildman–Crippen MR) is 70.9 cm³/mol. The lowest BCUT2D eigenvalue weighted by atomic mass is 10.1. The third kappa shape index (κ3) is 2.71. The molecule has 0 aliphatic rings. The van der Waals surface area contributed by atoms with Crippen LogP contribution >= 0.6 is 0 Å². The average Bonchev–Trinajstić information content (AvgIpc) is 2.42. The maximum atomic E-state index is 13.9. The van der Waals surface area contributed by atoms with Crippen molar-refractivity contribution in [2.24, 2.45) is 0 Å². The van der Waals surface area contributed by atoms with E-state index in [-0.39, 0.29) is 5.69 Å². The number of anilines is 1. The molecule has 2 nitrogen and oxygen atoms in total. The van der Waals surface area contributed by atoms with Crippen LogP contribution in [0.5, 0.6) is 0 Å². The molecule has 0 fully saturated rings. The summed E-state index contributed by atoms with van der Waals surface area (Å²) < 4.78 is 40.2. The molecule has 102 valence electrons. The van der Waals surface area contributed by atoms with E-state index >= 15 is 0 Å². The van der Waals surface area contributed by atoms with Crippen molar-refractivity contribution in [1.29, 1.82) is 0 Å². The number of carbonyl (C=O) groups excluding carboxylic acids is 1. The molecular weight excluding hydrogens is 267 g/mol. The molecule has 2 rings (SSSR count). The van der Waals surface area contributed by atoms with E-state index in [1.165, 1.54) is 12.1 Å². The molecule has 2 aromatic carbocycles. The Bertz CT molecular complexity index is 668. The van der Waals surface area contributed by atoms with Gasteiger partial charge in [-0.1, -0.05) is 24.8 Å². The molecule has 0 spiro atoms. The lowest BCUT2D eigenvalue weighted by Crippen LogP contribution is -2.13. The zero-order chi connectivity index (χ0) is 14.7. The van der Waals surface area contributed by atoms with Gasteiger partial charge in [-0.2, -0.15) is 0 Å². The Morgan fingerprint density at radius 3 is 2.30 bits per heavy atom.